The zero-order valence-corrected chi connectivity index (χ0v) is 12.4. The van der Waals surface area contributed by atoms with Gasteiger partial charge in [0, 0.05) is 32.0 Å². The van der Waals surface area contributed by atoms with Crippen LogP contribution in [0, 0.1) is 16.0 Å². The van der Waals surface area contributed by atoms with Crippen LogP contribution in [0.3, 0.4) is 0 Å². The molecule has 1 aliphatic carbocycles. The first-order chi connectivity index (χ1) is 9.99. The molecule has 0 N–H and O–H groups in total. The summed E-state index contributed by atoms with van der Waals surface area (Å²) in [4.78, 5) is 23.8. The quantitative estimate of drug-likeness (QED) is 0.319. The summed E-state index contributed by atoms with van der Waals surface area (Å²) in [6, 6.07) is 4.68. The highest BCUT2D eigenvalue weighted by molar-refractivity contribution is 5.98. The van der Waals surface area contributed by atoms with Gasteiger partial charge in [-0.15, -0.1) is 0 Å². The number of nitro groups is 1. The highest BCUT2D eigenvalue weighted by Crippen LogP contribution is 2.29. The fraction of sp³-hybridized carbons (Fsp3) is 0.533. The molecule has 6 nitrogen and oxygen atoms in total. The first kappa shape index (κ1) is 15.4. The molecule has 0 saturated heterocycles. The maximum Gasteiger partial charge on any atom is 0.282 e. The molecule has 0 bridgehead atoms. The van der Waals surface area contributed by atoms with Crippen molar-refractivity contribution in [1.82, 2.24) is 0 Å². The van der Waals surface area contributed by atoms with Crippen molar-refractivity contribution in [2.45, 2.75) is 19.8 Å². The van der Waals surface area contributed by atoms with Crippen LogP contribution in [0.25, 0.3) is 0 Å². The zero-order valence-electron chi connectivity index (χ0n) is 12.4. The summed E-state index contributed by atoms with van der Waals surface area (Å²) in [6.45, 7) is 3.38. The molecule has 0 aromatic heterocycles. The minimum absolute atomic E-state index is 0.141. The SMILES string of the molecule is CC(=O)c1ccc(N(C)CCOCC2CC2)cc1[N+](=O)[O-]. The minimum Gasteiger partial charge on any atom is -0.379 e. The molecule has 0 spiro atoms. The molecule has 0 atom stereocenters. The van der Waals surface area contributed by atoms with E-state index in [2.05, 4.69) is 0 Å². The molecular weight excluding hydrogens is 272 g/mol. The molecule has 0 radical (unpaired) electrons. The lowest BCUT2D eigenvalue weighted by Crippen LogP contribution is -2.23. The van der Waals surface area contributed by atoms with Gasteiger partial charge in [-0.05, 0) is 37.8 Å². The average molecular weight is 292 g/mol. The summed E-state index contributed by atoms with van der Waals surface area (Å²) >= 11 is 0. The maximum absolute atomic E-state index is 11.4. The molecule has 1 saturated carbocycles. The number of nitrogens with zero attached hydrogens (tertiary/aromatic N) is 2. The average Bonchev–Trinajstić information content (AvgIpc) is 3.26. The molecule has 21 heavy (non-hydrogen) atoms. The van der Waals surface area contributed by atoms with Crippen molar-refractivity contribution in [3.63, 3.8) is 0 Å². The molecule has 1 aromatic carbocycles. The molecule has 2 rings (SSSR count). The Hall–Kier alpha value is -1.95. The van der Waals surface area contributed by atoms with E-state index in [0.717, 1.165) is 12.5 Å². The van der Waals surface area contributed by atoms with Gasteiger partial charge < -0.3 is 9.64 Å². The second-order valence-electron chi connectivity index (χ2n) is 5.45. The topological polar surface area (TPSA) is 72.7 Å². The van der Waals surface area contributed by atoms with Gasteiger partial charge in [-0.2, -0.15) is 0 Å². The summed E-state index contributed by atoms with van der Waals surface area (Å²) in [5.41, 5.74) is 0.703. The van der Waals surface area contributed by atoms with Crippen LogP contribution in [0.5, 0.6) is 0 Å². The second-order valence-corrected chi connectivity index (χ2v) is 5.45. The number of ketones is 1. The Morgan fingerprint density at radius 2 is 2.19 bits per heavy atom. The Morgan fingerprint density at radius 3 is 2.76 bits per heavy atom. The Labute approximate surface area is 123 Å². The molecule has 0 aliphatic heterocycles. The fourth-order valence-electron chi connectivity index (χ4n) is 2.07. The summed E-state index contributed by atoms with van der Waals surface area (Å²) in [6.07, 6.45) is 2.52. The van der Waals surface area contributed by atoms with Crippen LogP contribution in [0.4, 0.5) is 11.4 Å². The van der Waals surface area contributed by atoms with Crippen LogP contribution < -0.4 is 4.90 Å². The lowest BCUT2D eigenvalue weighted by atomic mass is 10.1. The molecule has 1 aromatic rings. The third-order valence-corrected chi connectivity index (χ3v) is 3.62. The van der Waals surface area contributed by atoms with E-state index < -0.39 is 4.92 Å². The van der Waals surface area contributed by atoms with Crippen LogP contribution in [-0.4, -0.2) is 37.5 Å². The molecule has 0 amide bonds. The van der Waals surface area contributed by atoms with Crippen LogP contribution >= 0.6 is 0 Å². The summed E-state index contributed by atoms with van der Waals surface area (Å²) < 4.78 is 5.56. The molecule has 1 fully saturated rings. The van der Waals surface area contributed by atoms with Crippen molar-refractivity contribution in [2.75, 3.05) is 31.7 Å². The smallest absolute Gasteiger partial charge is 0.282 e. The van der Waals surface area contributed by atoms with Gasteiger partial charge in [0.25, 0.3) is 5.69 Å². The van der Waals surface area contributed by atoms with E-state index in [0.29, 0.717) is 18.8 Å². The summed E-state index contributed by atoms with van der Waals surface area (Å²) in [5, 5.41) is 11.1. The highest BCUT2D eigenvalue weighted by Gasteiger charge is 2.21. The number of ether oxygens (including phenoxy) is 1. The van der Waals surface area contributed by atoms with E-state index in [1.165, 1.54) is 31.9 Å². The van der Waals surface area contributed by atoms with E-state index in [-0.39, 0.29) is 17.0 Å². The number of nitro benzene ring substituents is 1. The first-order valence-electron chi connectivity index (χ1n) is 7.07. The number of carbonyl (C=O) groups excluding carboxylic acids is 1. The Balaban J connectivity index is 1.98. The van der Waals surface area contributed by atoms with Crippen molar-refractivity contribution >= 4 is 17.2 Å². The van der Waals surface area contributed by atoms with Crippen molar-refractivity contribution in [2.24, 2.45) is 5.92 Å². The number of rotatable bonds is 8. The Bertz CT molecular complexity index is 540. The fourth-order valence-corrected chi connectivity index (χ4v) is 2.07. The normalized spacial score (nSPS) is 14.0. The van der Waals surface area contributed by atoms with Crippen LogP contribution in [0.1, 0.15) is 30.1 Å². The molecule has 0 heterocycles. The van der Waals surface area contributed by atoms with Gasteiger partial charge in [0.2, 0.25) is 0 Å². The molecule has 0 unspecified atom stereocenters. The standard InChI is InChI=1S/C15H20N2O4/c1-11(18)14-6-5-13(9-15(14)17(19)20)16(2)7-8-21-10-12-3-4-12/h5-6,9,12H,3-4,7-8,10H2,1-2H3. The van der Waals surface area contributed by atoms with Crippen molar-refractivity contribution in [1.29, 1.82) is 0 Å². The first-order valence-corrected chi connectivity index (χ1v) is 7.07. The molecule has 6 heteroatoms. The largest absolute Gasteiger partial charge is 0.379 e. The third kappa shape index (κ3) is 4.26. The van der Waals surface area contributed by atoms with E-state index in [1.807, 2.05) is 11.9 Å². The van der Waals surface area contributed by atoms with Crippen LogP contribution in [0.15, 0.2) is 18.2 Å². The van der Waals surface area contributed by atoms with Gasteiger partial charge in [0.1, 0.15) is 0 Å². The summed E-state index contributed by atoms with van der Waals surface area (Å²) in [7, 11) is 1.85. The maximum atomic E-state index is 11.4. The van der Waals surface area contributed by atoms with E-state index in [9.17, 15) is 14.9 Å². The monoisotopic (exact) mass is 292 g/mol. The predicted octanol–water partition coefficient (Wildman–Crippen LogP) is 2.66. The predicted molar refractivity (Wildman–Crippen MR) is 79.9 cm³/mol. The number of carbonyl (C=O) groups is 1. The molecular formula is C15H20N2O4. The molecule has 1 aliphatic rings. The number of hydrogen-bond acceptors (Lipinski definition) is 5. The Morgan fingerprint density at radius 1 is 1.48 bits per heavy atom. The van der Waals surface area contributed by atoms with Crippen molar-refractivity contribution in [3.8, 4) is 0 Å². The number of benzene rings is 1. The third-order valence-electron chi connectivity index (χ3n) is 3.62. The zero-order chi connectivity index (χ0) is 15.4. The Kier molecular flexibility index (Phi) is 4.90. The van der Waals surface area contributed by atoms with Gasteiger partial charge in [-0.1, -0.05) is 0 Å². The van der Waals surface area contributed by atoms with Crippen molar-refractivity contribution in [3.05, 3.63) is 33.9 Å². The van der Waals surface area contributed by atoms with E-state index >= 15 is 0 Å². The summed E-state index contributed by atoms with van der Waals surface area (Å²) in [5.74, 6) is 0.426. The lowest BCUT2D eigenvalue weighted by Gasteiger charge is -2.19. The number of Topliss-reactive ketones (excluding diaryl/α,β-unsaturated/α-hetero) is 1. The van der Waals surface area contributed by atoms with Gasteiger partial charge >= 0.3 is 0 Å². The minimum atomic E-state index is -0.516. The molecule has 114 valence electrons. The number of hydrogen-bond donors (Lipinski definition) is 0. The van der Waals surface area contributed by atoms with Crippen molar-refractivity contribution < 1.29 is 14.5 Å². The highest BCUT2D eigenvalue weighted by atomic mass is 16.6. The van der Waals surface area contributed by atoms with Gasteiger partial charge in [-0.25, -0.2) is 0 Å². The van der Waals surface area contributed by atoms with Crippen LogP contribution in [-0.2, 0) is 4.74 Å². The van der Waals surface area contributed by atoms with Crippen LogP contribution in [0.2, 0.25) is 0 Å². The van der Waals surface area contributed by atoms with E-state index in [4.69, 9.17) is 4.74 Å². The van der Waals surface area contributed by atoms with E-state index in [1.54, 1.807) is 6.07 Å². The van der Waals surface area contributed by atoms with Gasteiger partial charge in [-0.3, -0.25) is 14.9 Å². The number of likely N-dealkylation sites (N-methyl/N-ethyl adjacent to an activating group) is 1. The number of anilines is 1. The van der Waals surface area contributed by atoms with Gasteiger partial charge in [0.05, 0.1) is 17.1 Å². The second kappa shape index (κ2) is 6.67. The lowest BCUT2D eigenvalue weighted by molar-refractivity contribution is -0.385. The van der Waals surface area contributed by atoms with Gasteiger partial charge in [0.15, 0.2) is 5.78 Å².